The van der Waals surface area contributed by atoms with Gasteiger partial charge in [-0.2, -0.15) is 0 Å². The number of imidazole rings is 1. The molecule has 1 aliphatic heterocycles. The summed E-state index contributed by atoms with van der Waals surface area (Å²) >= 11 is 6.12. The third kappa shape index (κ3) is 5.29. The Kier molecular flexibility index (Phi) is 7.74. The number of aryl methyl sites for hydroxylation is 2. The van der Waals surface area contributed by atoms with Crippen molar-refractivity contribution in [1.82, 2.24) is 9.55 Å². The van der Waals surface area contributed by atoms with E-state index in [2.05, 4.69) is 10.6 Å². The summed E-state index contributed by atoms with van der Waals surface area (Å²) in [6.07, 6.45) is 2.21. The van der Waals surface area contributed by atoms with Crippen LogP contribution in [-0.4, -0.2) is 42.8 Å². The summed E-state index contributed by atoms with van der Waals surface area (Å²) in [6, 6.07) is 19.4. The van der Waals surface area contributed by atoms with Crippen molar-refractivity contribution >= 4 is 34.2 Å². The highest BCUT2D eigenvalue weighted by Crippen LogP contribution is 2.39. The number of carbonyl (C=O) groups excluding carboxylic acids is 1. The number of ether oxygens (including phenoxy) is 3. The van der Waals surface area contributed by atoms with Crippen LogP contribution in [0.25, 0.3) is 11.0 Å². The zero-order valence-corrected chi connectivity index (χ0v) is 22.7. The Morgan fingerprint density at radius 1 is 1.00 bits per heavy atom. The molecule has 5 rings (SSSR count). The summed E-state index contributed by atoms with van der Waals surface area (Å²) in [7, 11) is 3.23. The number of nitrogens with zero attached hydrogens (tertiary/aromatic N) is 3. The molecule has 0 spiro atoms. The second-order valence-electron chi connectivity index (χ2n) is 9.52. The molecule has 1 aliphatic rings. The van der Waals surface area contributed by atoms with Crippen LogP contribution in [0.5, 0.6) is 17.2 Å². The van der Waals surface area contributed by atoms with Crippen LogP contribution in [0.3, 0.4) is 0 Å². The Labute approximate surface area is 227 Å². The molecule has 1 fully saturated rings. The van der Waals surface area contributed by atoms with Crippen molar-refractivity contribution < 1.29 is 19.0 Å². The van der Waals surface area contributed by atoms with E-state index < -0.39 is 0 Å². The second kappa shape index (κ2) is 11.4. The first-order chi connectivity index (χ1) is 18.5. The summed E-state index contributed by atoms with van der Waals surface area (Å²) in [5.41, 5.74) is 3.75. The number of amides is 1. The fourth-order valence-electron chi connectivity index (χ4n) is 5.03. The first-order valence-corrected chi connectivity index (χ1v) is 13.2. The van der Waals surface area contributed by atoms with Crippen LogP contribution in [0.15, 0.2) is 60.7 Å². The standard InChI is InChI=1S/C30H32ClN3O4/c1-20-16-23(10-12-24(20)31)38-15-7-6-14-33-26-9-5-4-8-25(26)32-30(33)21-17-29(35)34(19-21)27-18-22(36-2)11-13-28(27)37-3/h4-5,8-13,16,18,21H,6-7,14-15,17,19H2,1-3H3. The van der Waals surface area contributed by atoms with Gasteiger partial charge in [0.25, 0.3) is 0 Å². The van der Waals surface area contributed by atoms with Gasteiger partial charge in [-0.05, 0) is 67.8 Å². The summed E-state index contributed by atoms with van der Waals surface area (Å²) in [4.78, 5) is 20.0. The summed E-state index contributed by atoms with van der Waals surface area (Å²) in [5.74, 6) is 3.12. The molecule has 4 aromatic rings. The van der Waals surface area contributed by atoms with Crippen LogP contribution >= 0.6 is 11.6 Å². The van der Waals surface area contributed by atoms with Crippen molar-refractivity contribution in [2.45, 2.75) is 38.6 Å². The van der Waals surface area contributed by atoms with Crippen molar-refractivity contribution in [3.63, 3.8) is 0 Å². The van der Waals surface area contributed by atoms with E-state index in [1.165, 1.54) is 0 Å². The Hall–Kier alpha value is -3.71. The SMILES string of the molecule is COc1ccc(OC)c(N2CC(c3nc4ccccc4n3CCCCOc3ccc(Cl)c(C)c3)CC2=O)c1. The number of hydrogen-bond donors (Lipinski definition) is 0. The van der Waals surface area contributed by atoms with Crippen molar-refractivity contribution in [3.05, 3.63) is 77.1 Å². The molecule has 3 aromatic carbocycles. The minimum absolute atomic E-state index is 0.0286. The maximum atomic E-state index is 13.2. The van der Waals surface area contributed by atoms with E-state index in [-0.39, 0.29) is 11.8 Å². The summed E-state index contributed by atoms with van der Waals surface area (Å²) in [5, 5.41) is 0.741. The average Bonchev–Trinajstić information content (AvgIpc) is 3.50. The van der Waals surface area contributed by atoms with Gasteiger partial charge in [0.05, 0.1) is 37.5 Å². The maximum absolute atomic E-state index is 13.2. The van der Waals surface area contributed by atoms with Gasteiger partial charge in [-0.1, -0.05) is 23.7 Å². The van der Waals surface area contributed by atoms with Gasteiger partial charge in [-0.15, -0.1) is 0 Å². The van der Waals surface area contributed by atoms with Gasteiger partial charge in [0, 0.05) is 36.5 Å². The van der Waals surface area contributed by atoms with Crippen molar-refractivity contribution in [2.75, 3.05) is 32.3 Å². The van der Waals surface area contributed by atoms with Gasteiger partial charge < -0.3 is 23.7 Å². The minimum Gasteiger partial charge on any atom is -0.497 e. The molecule has 1 unspecified atom stereocenters. The van der Waals surface area contributed by atoms with Crippen molar-refractivity contribution in [2.24, 2.45) is 0 Å². The van der Waals surface area contributed by atoms with E-state index in [0.717, 1.165) is 58.3 Å². The van der Waals surface area contributed by atoms with Crippen LogP contribution in [0, 0.1) is 6.92 Å². The molecule has 198 valence electrons. The fraction of sp³-hybridized carbons (Fsp3) is 0.333. The van der Waals surface area contributed by atoms with Crippen molar-refractivity contribution in [3.8, 4) is 17.2 Å². The average molecular weight is 534 g/mol. The van der Waals surface area contributed by atoms with Crippen LogP contribution in [0.4, 0.5) is 5.69 Å². The highest BCUT2D eigenvalue weighted by Gasteiger charge is 2.36. The molecule has 38 heavy (non-hydrogen) atoms. The molecule has 0 N–H and O–H groups in total. The van der Waals surface area contributed by atoms with Crippen LogP contribution in [0.2, 0.25) is 5.02 Å². The zero-order chi connectivity index (χ0) is 26.6. The Morgan fingerprint density at radius 2 is 1.82 bits per heavy atom. The smallest absolute Gasteiger partial charge is 0.227 e. The molecular formula is C30H32ClN3O4. The highest BCUT2D eigenvalue weighted by molar-refractivity contribution is 6.31. The molecule has 0 aliphatic carbocycles. The van der Waals surface area contributed by atoms with Crippen molar-refractivity contribution in [1.29, 1.82) is 0 Å². The Morgan fingerprint density at radius 3 is 2.61 bits per heavy atom. The van der Waals surface area contributed by atoms with E-state index in [0.29, 0.717) is 31.1 Å². The van der Waals surface area contributed by atoms with Gasteiger partial charge in [0.1, 0.15) is 23.1 Å². The van der Waals surface area contributed by atoms with E-state index in [4.69, 9.17) is 30.8 Å². The van der Waals surface area contributed by atoms with Crippen LogP contribution in [-0.2, 0) is 11.3 Å². The molecule has 1 amide bonds. The molecule has 7 nitrogen and oxygen atoms in total. The molecule has 8 heteroatoms. The second-order valence-corrected chi connectivity index (χ2v) is 9.93. The quantitative estimate of drug-likeness (QED) is 0.221. The number of carbonyl (C=O) groups is 1. The Bertz CT molecular complexity index is 1450. The normalized spacial score (nSPS) is 15.3. The third-order valence-corrected chi connectivity index (χ3v) is 7.45. The fourth-order valence-corrected chi connectivity index (χ4v) is 5.15. The lowest BCUT2D eigenvalue weighted by atomic mass is 10.1. The molecule has 0 radical (unpaired) electrons. The molecule has 0 bridgehead atoms. The number of unbranched alkanes of at least 4 members (excludes halogenated alkanes) is 1. The first-order valence-electron chi connectivity index (χ1n) is 12.8. The molecule has 1 aromatic heterocycles. The zero-order valence-electron chi connectivity index (χ0n) is 21.9. The van der Waals surface area contributed by atoms with E-state index in [9.17, 15) is 4.79 Å². The van der Waals surface area contributed by atoms with Gasteiger partial charge in [0.15, 0.2) is 0 Å². The number of rotatable bonds is 10. The van der Waals surface area contributed by atoms with E-state index >= 15 is 0 Å². The van der Waals surface area contributed by atoms with Gasteiger partial charge >= 0.3 is 0 Å². The lowest BCUT2D eigenvalue weighted by Crippen LogP contribution is -2.25. The number of benzene rings is 3. The Balaban J connectivity index is 1.31. The number of hydrogen-bond acceptors (Lipinski definition) is 5. The highest BCUT2D eigenvalue weighted by atomic mass is 35.5. The number of para-hydroxylation sites is 2. The number of aromatic nitrogens is 2. The molecule has 2 heterocycles. The molecule has 0 saturated carbocycles. The van der Waals surface area contributed by atoms with Gasteiger partial charge in [-0.3, -0.25) is 4.79 Å². The topological polar surface area (TPSA) is 65.8 Å². The lowest BCUT2D eigenvalue weighted by molar-refractivity contribution is -0.117. The molecule has 1 atom stereocenters. The minimum atomic E-state index is -0.0286. The predicted molar refractivity (Wildman–Crippen MR) is 150 cm³/mol. The monoisotopic (exact) mass is 533 g/mol. The molecular weight excluding hydrogens is 502 g/mol. The largest absolute Gasteiger partial charge is 0.497 e. The predicted octanol–water partition coefficient (Wildman–Crippen LogP) is 6.40. The number of halogens is 1. The summed E-state index contributed by atoms with van der Waals surface area (Å²) < 4.78 is 19.2. The first kappa shape index (κ1) is 25.9. The van der Waals surface area contributed by atoms with Crippen LogP contribution in [0.1, 0.15) is 36.6 Å². The van der Waals surface area contributed by atoms with Gasteiger partial charge in [-0.25, -0.2) is 4.98 Å². The number of anilines is 1. The summed E-state index contributed by atoms with van der Waals surface area (Å²) in [6.45, 7) is 3.92. The third-order valence-electron chi connectivity index (χ3n) is 7.03. The number of methoxy groups -OCH3 is 2. The lowest BCUT2D eigenvalue weighted by Gasteiger charge is -2.20. The van der Waals surface area contributed by atoms with Crippen LogP contribution < -0.4 is 19.1 Å². The van der Waals surface area contributed by atoms with E-state index in [1.807, 2.05) is 61.5 Å². The van der Waals surface area contributed by atoms with E-state index in [1.54, 1.807) is 19.1 Å². The van der Waals surface area contributed by atoms with Gasteiger partial charge in [0.2, 0.25) is 5.91 Å². The number of fused-ring (bicyclic) bond motifs is 1. The maximum Gasteiger partial charge on any atom is 0.227 e. The molecule has 1 saturated heterocycles.